The van der Waals surface area contributed by atoms with Crippen molar-refractivity contribution in [2.45, 2.75) is 13.5 Å². The number of hydrogen-bond donors (Lipinski definition) is 0. The average Bonchev–Trinajstić information content (AvgIpc) is 2.91. The van der Waals surface area contributed by atoms with Gasteiger partial charge in [0.05, 0.1) is 12.2 Å². The van der Waals surface area contributed by atoms with Gasteiger partial charge in [0.2, 0.25) is 0 Å². The van der Waals surface area contributed by atoms with Crippen molar-refractivity contribution < 1.29 is 0 Å². The molecule has 19 heavy (non-hydrogen) atoms. The van der Waals surface area contributed by atoms with Crippen molar-refractivity contribution in [3.8, 4) is 11.3 Å². The zero-order valence-corrected chi connectivity index (χ0v) is 10.8. The standard InChI is InChI=1S/C16H15N3/c1-13-4-6-14(7-5-13)12-19-10-8-16(18-19)15-3-2-9-17-11-15/h2-11H,12H2,1H3. The smallest absolute Gasteiger partial charge is 0.0938 e. The number of benzene rings is 1. The lowest BCUT2D eigenvalue weighted by molar-refractivity contribution is 0.689. The van der Waals surface area contributed by atoms with Crippen LogP contribution in [-0.4, -0.2) is 14.8 Å². The van der Waals surface area contributed by atoms with E-state index in [1.165, 1.54) is 11.1 Å². The molecule has 0 aliphatic rings. The Kier molecular flexibility index (Phi) is 3.11. The lowest BCUT2D eigenvalue weighted by Crippen LogP contribution is -2.00. The Morgan fingerprint density at radius 3 is 2.63 bits per heavy atom. The molecular weight excluding hydrogens is 234 g/mol. The summed E-state index contributed by atoms with van der Waals surface area (Å²) in [4.78, 5) is 4.11. The van der Waals surface area contributed by atoms with Crippen LogP contribution in [0.2, 0.25) is 0 Å². The van der Waals surface area contributed by atoms with E-state index in [4.69, 9.17) is 0 Å². The number of pyridine rings is 1. The van der Waals surface area contributed by atoms with Crippen LogP contribution in [0.25, 0.3) is 11.3 Å². The fourth-order valence-corrected chi connectivity index (χ4v) is 2.00. The second-order valence-electron chi connectivity index (χ2n) is 4.63. The van der Waals surface area contributed by atoms with Gasteiger partial charge >= 0.3 is 0 Å². The monoisotopic (exact) mass is 249 g/mol. The van der Waals surface area contributed by atoms with Crippen LogP contribution in [0.1, 0.15) is 11.1 Å². The number of aryl methyl sites for hydroxylation is 1. The summed E-state index contributed by atoms with van der Waals surface area (Å²) in [5, 5.41) is 4.57. The van der Waals surface area contributed by atoms with Crippen molar-refractivity contribution in [2.24, 2.45) is 0 Å². The number of hydrogen-bond acceptors (Lipinski definition) is 2. The van der Waals surface area contributed by atoms with E-state index >= 15 is 0 Å². The third kappa shape index (κ3) is 2.71. The number of aromatic nitrogens is 3. The van der Waals surface area contributed by atoms with Gasteiger partial charge in [-0.15, -0.1) is 0 Å². The van der Waals surface area contributed by atoms with Crippen LogP contribution in [0.15, 0.2) is 61.1 Å². The van der Waals surface area contributed by atoms with Gasteiger partial charge in [0.15, 0.2) is 0 Å². The molecule has 0 fully saturated rings. The molecule has 3 nitrogen and oxygen atoms in total. The van der Waals surface area contributed by atoms with E-state index in [9.17, 15) is 0 Å². The molecule has 0 saturated carbocycles. The van der Waals surface area contributed by atoms with Gasteiger partial charge in [0, 0.05) is 24.2 Å². The summed E-state index contributed by atoms with van der Waals surface area (Å²) < 4.78 is 1.95. The summed E-state index contributed by atoms with van der Waals surface area (Å²) in [5.74, 6) is 0. The van der Waals surface area contributed by atoms with Crippen LogP contribution >= 0.6 is 0 Å². The van der Waals surface area contributed by atoms with E-state index in [0.29, 0.717) is 0 Å². The minimum Gasteiger partial charge on any atom is -0.268 e. The van der Waals surface area contributed by atoms with Crippen LogP contribution in [0.3, 0.4) is 0 Å². The number of nitrogens with zero attached hydrogens (tertiary/aromatic N) is 3. The van der Waals surface area contributed by atoms with Gasteiger partial charge in [-0.3, -0.25) is 9.67 Å². The molecule has 3 rings (SSSR count). The Balaban J connectivity index is 1.80. The van der Waals surface area contributed by atoms with Crippen molar-refractivity contribution in [3.63, 3.8) is 0 Å². The molecule has 0 aliphatic carbocycles. The molecule has 3 aromatic rings. The van der Waals surface area contributed by atoms with Gasteiger partial charge in [-0.05, 0) is 30.7 Å². The number of rotatable bonds is 3. The Morgan fingerprint density at radius 1 is 1.05 bits per heavy atom. The maximum Gasteiger partial charge on any atom is 0.0938 e. The quantitative estimate of drug-likeness (QED) is 0.713. The molecule has 0 saturated heterocycles. The van der Waals surface area contributed by atoms with Crippen LogP contribution < -0.4 is 0 Å². The second-order valence-corrected chi connectivity index (χ2v) is 4.63. The maximum absolute atomic E-state index is 4.57. The molecule has 0 aliphatic heterocycles. The topological polar surface area (TPSA) is 30.7 Å². The lowest BCUT2D eigenvalue weighted by Gasteiger charge is -2.02. The van der Waals surface area contributed by atoms with Crippen molar-refractivity contribution in [1.82, 2.24) is 14.8 Å². The maximum atomic E-state index is 4.57. The molecule has 2 aromatic heterocycles. The van der Waals surface area contributed by atoms with Crippen LogP contribution in [0.4, 0.5) is 0 Å². The van der Waals surface area contributed by atoms with Crippen molar-refractivity contribution >= 4 is 0 Å². The molecule has 0 radical (unpaired) electrons. The van der Waals surface area contributed by atoms with Crippen molar-refractivity contribution in [3.05, 3.63) is 72.2 Å². The van der Waals surface area contributed by atoms with E-state index in [-0.39, 0.29) is 0 Å². The average molecular weight is 249 g/mol. The summed E-state index contributed by atoms with van der Waals surface area (Å²) in [7, 11) is 0. The summed E-state index contributed by atoms with van der Waals surface area (Å²) in [6.45, 7) is 2.89. The summed E-state index contributed by atoms with van der Waals surface area (Å²) in [6.07, 6.45) is 5.60. The third-order valence-electron chi connectivity index (χ3n) is 3.06. The van der Waals surface area contributed by atoms with Crippen LogP contribution in [0, 0.1) is 6.92 Å². The first-order valence-corrected chi connectivity index (χ1v) is 6.31. The van der Waals surface area contributed by atoms with Crippen molar-refractivity contribution in [1.29, 1.82) is 0 Å². The first-order chi connectivity index (χ1) is 9.31. The summed E-state index contributed by atoms with van der Waals surface area (Å²) in [5.41, 5.74) is 4.54. The highest BCUT2D eigenvalue weighted by molar-refractivity contribution is 5.56. The molecule has 0 unspecified atom stereocenters. The summed E-state index contributed by atoms with van der Waals surface area (Å²) >= 11 is 0. The molecular formula is C16H15N3. The normalized spacial score (nSPS) is 10.6. The molecule has 0 amide bonds. The largest absolute Gasteiger partial charge is 0.268 e. The van der Waals surface area contributed by atoms with Gasteiger partial charge < -0.3 is 0 Å². The first kappa shape index (κ1) is 11.7. The van der Waals surface area contributed by atoms with Gasteiger partial charge in [0.25, 0.3) is 0 Å². The highest BCUT2D eigenvalue weighted by atomic mass is 15.3. The second kappa shape index (κ2) is 5.06. The molecule has 3 heteroatoms. The molecule has 1 aromatic carbocycles. The predicted molar refractivity (Wildman–Crippen MR) is 75.7 cm³/mol. The first-order valence-electron chi connectivity index (χ1n) is 6.31. The zero-order chi connectivity index (χ0) is 13.1. The van der Waals surface area contributed by atoms with E-state index in [1.54, 1.807) is 6.20 Å². The third-order valence-corrected chi connectivity index (χ3v) is 3.06. The van der Waals surface area contributed by atoms with Gasteiger partial charge in [-0.1, -0.05) is 29.8 Å². The lowest BCUT2D eigenvalue weighted by atomic mass is 10.1. The molecule has 0 atom stereocenters. The SMILES string of the molecule is Cc1ccc(Cn2ccc(-c3cccnc3)n2)cc1. The Bertz CT molecular complexity index is 654. The van der Waals surface area contributed by atoms with E-state index in [2.05, 4.69) is 41.3 Å². The highest BCUT2D eigenvalue weighted by Gasteiger charge is 2.02. The molecule has 2 heterocycles. The Morgan fingerprint density at radius 2 is 1.89 bits per heavy atom. The minimum absolute atomic E-state index is 0.792. The van der Waals surface area contributed by atoms with Gasteiger partial charge in [-0.25, -0.2) is 0 Å². The van der Waals surface area contributed by atoms with E-state index in [1.807, 2.05) is 35.3 Å². The molecule has 94 valence electrons. The van der Waals surface area contributed by atoms with Crippen LogP contribution in [-0.2, 0) is 6.54 Å². The van der Waals surface area contributed by atoms with E-state index < -0.39 is 0 Å². The summed E-state index contributed by atoms with van der Waals surface area (Å²) in [6, 6.07) is 14.5. The Hall–Kier alpha value is -2.42. The fourth-order valence-electron chi connectivity index (χ4n) is 2.00. The van der Waals surface area contributed by atoms with Gasteiger partial charge in [0.1, 0.15) is 0 Å². The van der Waals surface area contributed by atoms with Crippen molar-refractivity contribution in [2.75, 3.05) is 0 Å². The molecule has 0 N–H and O–H groups in total. The zero-order valence-electron chi connectivity index (χ0n) is 10.8. The minimum atomic E-state index is 0.792. The van der Waals surface area contributed by atoms with Crippen LogP contribution in [0.5, 0.6) is 0 Å². The predicted octanol–water partition coefficient (Wildman–Crippen LogP) is 3.30. The molecule has 0 bridgehead atoms. The molecule has 0 spiro atoms. The van der Waals surface area contributed by atoms with E-state index in [0.717, 1.165) is 17.8 Å². The fraction of sp³-hybridized carbons (Fsp3) is 0.125. The van der Waals surface area contributed by atoms with Gasteiger partial charge in [-0.2, -0.15) is 5.10 Å². The Labute approximate surface area is 112 Å². The highest BCUT2D eigenvalue weighted by Crippen LogP contribution is 2.15.